The standard InChI is InChI=1S/C30H28F4N6O2/c1-15-19(28(42)38-22-14-18(9-11-36-22)30(32,33)34)6-7-20(24(15)31)25-23(26(35)41)27-37-21-8-5-17(29(2,3)4)13-16(21)10-12-40(27)39-25/h5-9,11,13-14,37H,10,12H2,1-4H3,(H2,35,41)(H,36,38,42). The molecule has 218 valence electrons. The van der Waals surface area contributed by atoms with Gasteiger partial charge in [0, 0.05) is 29.6 Å². The molecule has 0 atom stereocenters. The summed E-state index contributed by atoms with van der Waals surface area (Å²) in [7, 11) is 0. The van der Waals surface area contributed by atoms with Crippen molar-refractivity contribution in [2.75, 3.05) is 10.6 Å². The van der Waals surface area contributed by atoms with E-state index in [2.05, 4.69) is 47.6 Å². The van der Waals surface area contributed by atoms with Gasteiger partial charge in [-0.05, 0) is 65.8 Å². The lowest BCUT2D eigenvalue weighted by molar-refractivity contribution is -0.137. The molecule has 4 aromatic rings. The molecule has 0 saturated carbocycles. The van der Waals surface area contributed by atoms with Gasteiger partial charge in [-0.25, -0.2) is 14.1 Å². The fourth-order valence-electron chi connectivity index (χ4n) is 4.89. The topological polar surface area (TPSA) is 115 Å². The molecule has 2 aromatic carbocycles. The summed E-state index contributed by atoms with van der Waals surface area (Å²) in [6, 6.07) is 10.1. The second-order valence-electron chi connectivity index (χ2n) is 11.1. The molecule has 0 spiro atoms. The summed E-state index contributed by atoms with van der Waals surface area (Å²) in [5, 5.41) is 10.1. The van der Waals surface area contributed by atoms with Gasteiger partial charge in [0.15, 0.2) is 0 Å². The van der Waals surface area contributed by atoms with Gasteiger partial charge >= 0.3 is 6.18 Å². The summed E-state index contributed by atoms with van der Waals surface area (Å²) in [6.45, 7) is 8.10. The van der Waals surface area contributed by atoms with Crippen LogP contribution in [0.15, 0.2) is 48.7 Å². The van der Waals surface area contributed by atoms with E-state index in [1.165, 1.54) is 19.1 Å². The number of amides is 2. The van der Waals surface area contributed by atoms with E-state index >= 15 is 4.39 Å². The van der Waals surface area contributed by atoms with Crippen molar-refractivity contribution in [3.63, 3.8) is 0 Å². The number of hydrogen-bond donors (Lipinski definition) is 3. The molecule has 0 radical (unpaired) electrons. The lowest BCUT2D eigenvalue weighted by Gasteiger charge is -2.21. The van der Waals surface area contributed by atoms with Gasteiger partial charge in [0.1, 0.15) is 28.7 Å². The van der Waals surface area contributed by atoms with Crippen molar-refractivity contribution in [1.29, 1.82) is 0 Å². The van der Waals surface area contributed by atoms with Crippen molar-refractivity contribution >= 4 is 29.1 Å². The first-order valence-electron chi connectivity index (χ1n) is 13.1. The van der Waals surface area contributed by atoms with E-state index in [1.807, 2.05) is 12.1 Å². The summed E-state index contributed by atoms with van der Waals surface area (Å²) in [5.74, 6) is -2.51. The van der Waals surface area contributed by atoms with E-state index in [0.29, 0.717) is 24.8 Å². The molecule has 0 aliphatic carbocycles. The van der Waals surface area contributed by atoms with Crippen LogP contribution in [-0.2, 0) is 24.6 Å². The number of primary amides is 1. The van der Waals surface area contributed by atoms with Crippen molar-refractivity contribution in [2.45, 2.75) is 52.3 Å². The molecule has 3 heterocycles. The summed E-state index contributed by atoms with van der Waals surface area (Å²) in [4.78, 5) is 29.3. The number of halogens is 4. The number of nitrogens with two attached hydrogens (primary N) is 1. The largest absolute Gasteiger partial charge is 0.416 e. The zero-order chi connectivity index (χ0) is 30.6. The second-order valence-corrected chi connectivity index (χ2v) is 11.1. The monoisotopic (exact) mass is 580 g/mol. The number of hydrogen-bond acceptors (Lipinski definition) is 5. The van der Waals surface area contributed by atoms with Crippen LogP contribution >= 0.6 is 0 Å². The number of nitrogens with zero attached hydrogens (tertiary/aromatic N) is 3. The van der Waals surface area contributed by atoms with Gasteiger partial charge in [-0.3, -0.25) is 9.59 Å². The van der Waals surface area contributed by atoms with E-state index in [9.17, 15) is 22.8 Å². The number of aromatic nitrogens is 3. The van der Waals surface area contributed by atoms with E-state index in [0.717, 1.165) is 29.1 Å². The molecule has 8 nitrogen and oxygen atoms in total. The average Bonchev–Trinajstić information content (AvgIpc) is 3.16. The molecule has 0 fully saturated rings. The van der Waals surface area contributed by atoms with E-state index < -0.39 is 29.4 Å². The first-order valence-corrected chi connectivity index (χ1v) is 13.1. The van der Waals surface area contributed by atoms with Crippen LogP contribution in [-0.4, -0.2) is 26.6 Å². The van der Waals surface area contributed by atoms with Gasteiger partial charge in [0.2, 0.25) is 0 Å². The van der Waals surface area contributed by atoms with Crippen LogP contribution in [0.4, 0.5) is 34.9 Å². The van der Waals surface area contributed by atoms with Gasteiger partial charge in [0.05, 0.1) is 5.56 Å². The number of fused-ring (bicyclic) bond motifs is 2. The fraction of sp³-hybridized carbons (Fsp3) is 0.267. The number of benzene rings is 2. The van der Waals surface area contributed by atoms with Crippen LogP contribution in [0.25, 0.3) is 11.3 Å². The highest BCUT2D eigenvalue weighted by Gasteiger charge is 2.32. The first kappa shape index (κ1) is 28.8. The Kier molecular flexibility index (Phi) is 7.04. The van der Waals surface area contributed by atoms with Crippen LogP contribution in [0.3, 0.4) is 0 Å². The number of carbonyl (C=O) groups excluding carboxylic acids is 2. The smallest absolute Gasteiger partial charge is 0.365 e. The summed E-state index contributed by atoms with van der Waals surface area (Å²) >= 11 is 0. The minimum Gasteiger partial charge on any atom is -0.365 e. The molecule has 2 aromatic heterocycles. The Labute approximate surface area is 238 Å². The van der Waals surface area contributed by atoms with Gasteiger partial charge in [-0.2, -0.15) is 18.3 Å². The molecular weight excluding hydrogens is 552 g/mol. The molecule has 1 aliphatic rings. The minimum absolute atomic E-state index is 0.00636. The number of nitrogens with one attached hydrogen (secondary N) is 2. The number of pyridine rings is 1. The molecule has 4 N–H and O–H groups in total. The van der Waals surface area contributed by atoms with Crippen molar-refractivity contribution in [3.8, 4) is 11.3 Å². The van der Waals surface area contributed by atoms with Gasteiger partial charge < -0.3 is 16.4 Å². The average molecular weight is 581 g/mol. The van der Waals surface area contributed by atoms with Gasteiger partial charge in [0.25, 0.3) is 11.8 Å². The maximum absolute atomic E-state index is 15.8. The first-order chi connectivity index (χ1) is 19.6. The van der Waals surface area contributed by atoms with Crippen LogP contribution in [0, 0.1) is 12.7 Å². The molecule has 1 aliphatic heterocycles. The van der Waals surface area contributed by atoms with Crippen molar-refractivity contribution in [2.24, 2.45) is 5.73 Å². The molecule has 42 heavy (non-hydrogen) atoms. The molecule has 12 heteroatoms. The quantitative estimate of drug-likeness (QED) is 0.243. The molecular formula is C30H28F4N6O2. The molecule has 2 amide bonds. The van der Waals surface area contributed by atoms with E-state index in [1.54, 1.807) is 4.68 Å². The Balaban J connectivity index is 1.49. The predicted octanol–water partition coefficient (Wildman–Crippen LogP) is 6.36. The Morgan fingerprint density at radius 2 is 1.79 bits per heavy atom. The van der Waals surface area contributed by atoms with Crippen molar-refractivity contribution in [3.05, 3.63) is 87.9 Å². The van der Waals surface area contributed by atoms with Gasteiger partial charge in [-0.15, -0.1) is 0 Å². The number of anilines is 3. The van der Waals surface area contributed by atoms with Crippen molar-refractivity contribution < 1.29 is 27.2 Å². The summed E-state index contributed by atoms with van der Waals surface area (Å²) in [6.07, 6.45) is -3.11. The van der Waals surface area contributed by atoms with E-state index in [4.69, 9.17) is 5.73 Å². The van der Waals surface area contributed by atoms with Crippen LogP contribution in [0.5, 0.6) is 0 Å². The number of alkyl halides is 3. The zero-order valence-corrected chi connectivity index (χ0v) is 23.3. The Bertz CT molecular complexity index is 1740. The Morgan fingerprint density at radius 1 is 1.05 bits per heavy atom. The van der Waals surface area contributed by atoms with Crippen LogP contribution in [0.1, 0.15) is 63.7 Å². The third kappa shape index (κ3) is 5.31. The third-order valence-corrected chi connectivity index (χ3v) is 7.23. The second kappa shape index (κ2) is 10.3. The molecule has 0 unspecified atom stereocenters. The predicted molar refractivity (Wildman–Crippen MR) is 150 cm³/mol. The maximum atomic E-state index is 15.8. The number of rotatable bonds is 4. The highest BCUT2D eigenvalue weighted by Crippen LogP contribution is 2.38. The number of carbonyl (C=O) groups is 2. The normalized spacial score (nSPS) is 13.0. The maximum Gasteiger partial charge on any atom is 0.416 e. The van der Waals surface area contributed by atoms with Crippen LogP contribution in [0.2, 0.25) is 0 Å². The third-order valence-electron chi connectivity index (χ3n) is 7.23. The molecule has 0 saturated heterocycles. The lowest BCUT2D eigenvalue weighted by Crippen LogP contribution is -2.17. The summed E-state index contributed by atoms with van der Waals surface area (Å²) in [5.41, 5.74) is 7.42. The van der Waals surface area contributed by atoms with Crippen LogP contribution < -0.4 is 16.4 Å². The lowest BCUT2D eigenvalue weighted by atomic mass is 9.85. The summed E-state index contributed by atoms with van der Waals surface area (Å²) < 4.78 is 56.5. The fourth-order valence-corrected chi connectivity index (χ4v) is 4.89. The highest BCUT2D eigenvalue weighted by molar-refractivity contribution is 6.07. The molecule has 0 bridgehead atoms. The van der Waals surface area contributed by atoms with Crippen molar-refractivity contribution in [1.82, 2.24) is 14.8 Å². The highest BCUT2D eigenvalue weighted by atomic mass is 19.4. The SMILES string of the molecule is Cc1c(C(=O)Nc2cc(C(F)(F)F)ccn2)ccc(-c2nn3c(c2C(N)=O)Nc2ccc(C(C)(C)C)cc2CC3)c1F. The Morgan fingerprint density at radius 3 is 2.45 bits per heavy atom. The Hall–Kier alpha value is -4.74. The minimum atomic E-state index is -4.63. The zero-order valence-electron chi connectivity index (χ0n) is 23.3. The molecule has 5 rings (SSSR count). The van der Waals surface area contributed by atoms with Gasteiger partial charge in [-0.1, -0.05) is 32.9 Å². The number of aryl methyl sites for hydroxylation is 2. The van der Waals surface area contributed by atoms with E-state index in [-0.39, 0.29) is 39.2 Å².